The summed E-state index contributed by atoms with van der Waals surface area (Å²) in [6, 6.07) is -1.26. The fraction of sp³-hybridized carbons (Fsp3) is 0.889. The molecule has 0 amide bonds. The Morgan fingerprint density at radius 3 is 2.56 bits per heavy atom. The zero-order valence-electron chi connectivity index (χ0n) is 9.31. The van der Waals surface area contributed by atoms with E-state index in [4.69, 9.17) is 20.7 Å². The molecule has 1 aliphatic rings. The molecule has 8 nitrogen and oxygen atoms in total. The van der Waals surface area contributed by atoms with Gasteiger partial charge < -0.3 is 36.0 Å². The number of ether oxygens (including phenoxy) is 1. The highest BCUT2D eigenvalue weighted by molar-refractivity contribution is 5.75. The number of alkyl halides is 1. The van der Waals surface area contributed by atoms with Crippen LogP contribution >= 0.6 is 0 Å². The molecule has 9 heteroatoms. The SMILES string of the molecule is NC1C(O)CC(O)(C(=O)O)OC1C(O)C(O)CF. The number of nitrogens with two attached hydrogens (primary N) is 1. The van der Waals surface area contributed by atoms with E-state index >= 15 is 0 Å². The monoisotopic (exact) mass is 269 g/mol. The number of carbonyl (C=O) groups is 1. The number of halogens is 1. The van der Waals surface area contributed by atoms with E-state index in [1.165, 1.54) is 0 Å². The van der Waals surface area contributed by atoms with Gasteiger partial charge in [-0.15, -0.1) is 0 Å². The minimum atomic E-state index is -2.74. The van der Waals surface area contributed by atoms with E-state index in [2.05, 4.69) is 0 Å². The molecule has 1 rings (SSSR count). The number of aliphatic hydroxyl groups excluding tert-OH is 3. The molecule has 18 heavy (non-hydrogen) atoms. The summed E-state index contributed by atoms with van der Waals surface area (Å²) >= 11 is 0. The Kier molecular flexibility index (Phi) is 4.59. The number of hydrogen-bond donors (Lipinski definition) is 6. The van der Waals surface area contributed by atoms with Gasteiger partial charge >= 0.3 is 5.97 Å². The quantitative estimate of drug-likeness (QED) is 0.314. The first-order valence-corrected chi connectivity index (χ1v) is 5.22. The first-order chi connectivity index (χ1) is 8.23. The van der Waals surface area contributed by atoms with Crippen molar-refractivity contribution in [1.29, 1.82) is 0 Å². The summed E-state index contributed by atoms with van der Waals surface area (Å²) in [5.74, 6) is -4.52. The standard InChI is InChI=1S/C9H16FNO7/c10-2-4(13)6(14)7-5(11)3(12)1-9(17,18-7)8(15)16/h3-7,12-14,17H,1-2,11H2,(H,15,16). The fourth-order valence-electron chi connectivity index (χ4n) is 1.74. The molecule has 0 saturated carbocycles. The summed E-state index contributed by atoms with van der Waals surface area (Å²) in [6.45, 7) is -1.31. The van der Waals surface area contributed by atoms with Gasteiger partial charge in [-0.05, 0) is 0 Å². The van der Waals surface area contributed by atoms with Crippen LogP contribution in [-0.2, 0) is 9.53 Å². The van der Waals surface area contributed by atoms with E-state index in [0.717, 1.165) is 0 Å². The van der Waals surface area contributed by atoms with Gasteiger partial charge in [0.05, 0.1) is 12.1 Å². The molecule has 106 valence electrons. The third-order valence-electron chi connectivity index (χ3n) is 2.86. The molecule has 0 aromatic carbocycles. The Bertz CT molecular complexity index is 317. The molecule has 0 aliphatic carbocycles. The summed E-state index contributed by atoms with van der Waals surface area (Å²) in [5, 5.41) is 46.5. The first-order valence-electron chi connectivity index (χ1n) is 5.22. The minimum absolute atomic E-state index is 0.696. The van der Waals surface area contributed by atoms with E-state index in [9.17, 15) is 24.5 Å². The van der Waals surface area contributed by atoms with Crippen LogP contribution in [0, 0.1) is 0 Å². The Labute approximate surface area is 101 Å². The highest BCUT2D eigenvalue weighted by Gasteiger charge is 2.52. The molecule has 0 spiro atoms. The van der Waals surface area contributed by atoms with Gasteiger partial charge in [0.1, 0.15) is 25.0 Å². The zero-order valence-corrected chi connectivity index (χ0v) is 9.31. The first kappa shape index (κ1) is 15.2. The lowest BCUT2D eigenvalue weighted by Gasteiger charge is -2.43. The van der Waals surface area contributed by atoms with Gasteiger partial charge in [-0.25, -0.2) is 9.18 Å². The molecule has 6 atom stereocenters. The van der Waals surface area contributed by atoms with Crippen LogP contribution in [-0.4, -0.2) is 74.4 Å². The summed E-state index contributed by atoms with van der Waals surface area (Å²) in [6.07, 6.45) is -7.51. The lowest BCUT2D eigenvalue weighted by molar-refractivity contribution is -0.292. The van der Waals surface area contributed by atoms with Crippen molar-refractivity contribution in [2.24, 2.45) is 5.73 Å². The highest BCUT2D eigenvalue weighted by atomic mass is 19.1. The zero-order chi connectivity index (χ0) is 14.1. The summed E-state index contributed by atoms with van der Waals surface area (Å²) in [4.78, 5) is 10.8. The minimum Gasteiger partial charge on any atom is -0.477 e. The highest BCUT2D eigenvalue weighted by Crippen LogP contribution is 2.29. The summed E-state index contributed by atoms with van der Waals surface area (Å²) < 4.78 is 16.9. The van der Waals surface area contributed by atoms with Gasteiger partial charge in [0.2, 0.25) is 0 Å². The Hall–Kier alpha value is -0.840. The number of aliphatic carboxylic acids is 1. The average Bonchev–Trinajstić information content (AvgIpc) is 2.31. The van der Waals surface area contributed by atoms with Crippen LogP contribution in [0.2, 0.25) is 0 Å². The van der Waals surface area contributed by atoms with Crippen molar-refractivity contribution >= 4 is 5.97 Å². The molecule has 0 radical (unpaired) electrons. The molecule has 0 bridgehead atoms. The smallest absolute Gasteiger partial charge is 0.364 e. The fourth-order valence-corrected chi connectivity index (χ4v) is 1.74. The van der Waals surface area contributed by atoms with E-state index in [1.54, 1.807) is 0 Å². The van der Waals surface area contributed by atoms with Crippen LogP contribution in [0.15, 0.2) is 0 Å². The molecule has 6 unspecified atom stereocenters. The molecule has 0 aromatic heterocycles. The maximum absolute atomic E-state index is 12.2. The summed E-state index contributed by atoms with van der Waals surface area (Å²) in [5.41, 5.74) is 5.46. The van der Waals surface area contributed by atoms with Crippen LogP contribution in [0.5, 0.6) is 0 Å². The molecule has 1 aliphatic heterocycles. The van der Waals surface area contributed by atoms with Crippen LogP contribution in [0.3, 0.4) is 0 Å². The number of carboxylic acid groups (broad SMARTS) is 1. The predicted molar refractivity (Wildman–Crippen MR) is 54.0 cm³/mol. The van der Waals surface area contributed by atoms with Gasteiger partial charge in [-0.2, -0.15) is 0 Å². The van der Waals surface area contributed by atoms with Crippen LogP contribution in [0.4, 0.5) is 4.39 Å². The Balaban J connectivity index is 2.92. The number of aliphatic hydroxyl groups is 4. The lowest BCUT2D eigenvalue weighted by atomic mass is 9.89. The summed E-state index contributed by atoms with van der Waals surface area (Å²) in [7, 11) is 0. The van der Waals surface area contributed by atoms with Crippen molar-refractivity contribution in [1.82, 2.24) is 0 Å². The molecular formula is C9H16FNO7. The predicted octanol–water partition coefficient (Wildman–Crippen LogP) is -3.07. The number of rotatable bonds is 4. The molecule has 1 saturated heterocycles. The Morgan fingerprint density at radius 1 is 1.56 bits per heavy atom. The van der Waals surface area contributed by atoms with E-state index in [0.29, 0.717) is 0 Å². The van der Waals surface area contributed by atoms with Gasteiger partial charge in [-0.1, -0.05) is 0 Å². The van der Waals surface area contributed by atoms with E-state index in [1.807, 2.05) is 0 Å². The largest absolute Gasteiger partial charge is 0.477 e. The van der Waals surface area contributed by atoms with Crippen LogP contribution in [0.1, 0.15) is 6.42 Å². The third-order valence-corrected chi connectivity index (χ3v) is 2.86. The third kappa shape index (κ3) is 2.76. The van der Waals surface area contributed by atoms with Crippen molar-refractivity contribution in [2.75, 3.05) is 6.67 Å². The average molecular weight is 269 g/mol. The molecule has 1 heterocycles. The maximum atomic E-state index is 12.2. The van der Waals surface area contributed by atoms with E-state index < -0.39 is 55.3 Å². The topological polar surface area (TPSA) is 153 Å². The molecular weight excluding hydrogens is 253 g/mol. The molecule has 1 fully saturated rings. The van der Waals surface area contributed by atoms with Gasteiger partial charge in [0.25, 0.3) is 5.79 Å². The molecule has 0 aromatic rings. The van der Waals surface area contributed by atoms with E-state index in [-0.39, 0.29) is 0 Å². The number of hydrogen-bond acceptors (Lipinski definition) is 7. The van der Waals surface area contributed by atoms with Gasteiger partial charge in [-0.3, -0.25) is 0 Å². The Morgan fingerprint density at radius 2 is 2.11 bits per heavy atom. The second kappa shape index (κ2) is 5.43. The van der Waals surface area contributed by atoms with Gasteiger partial charge in [0.15, 0.2) is 0 Å². The normalized spacial score (nSPS) is 40.2. The van der Waals surface area contributed by atoms with Crippen molar-refractivity contribution in [3.8, 4) is 0 Å². The van der Waals surface area contributed by atoms with Gasteiger partial charge in [0, 0.05) is 6.42 Å². The maximum Gasteiger partial charge on any atom is 0.364 e. The lowest BCUT2D eigenvalue weighted by Crippen LogP contribution is -2.65. The van der Waals surface area contributed by atoms with Crippen molar-refractivity contribution in [3.05, 3.63) is 0 Å². The van der Waals surface area contributed by atoms with Crippen LogP contribution in [0.25, 0.3) is 0 Å². The van der Waals surface area contributed by atoms with Crippen molar-refractivity contribution < 1.29 is 39.5 Å². The van der Waals surface area contributed by atoms with Crippen LogP contribution < -0.4 is 5.73 Å². The second-order valence-corrected chi connectivity index (χ2v) is 4.23. The second-order valence-electron chi connectivity index (χ2n) is 4.23. The number of carboxylic acids is 1. The molecule has 7 N–H and O–H groups in total. The van der Waals surface area contributed by atoms with Crippen molar-refractivity contribution in [3.63, 3.8) is 0 Å². The van der Waals surface area contributed by atoms with Crippen molar-refractivity contribution in [2.45, 2.75) is 42.7 Å².